The Morgan fingerprint density at radius 3 is 1.25 bits per heavy atom. The number of halogens is 2. The van der Waals surface area contributed by atoms with Gasteiger partial charge in [0.2, 0.25) is 11.8 Å². The molecule has 0 aliphatic carbocycles. The van der Waals surface area contributed by atoms with E-state index in [-0.39, 0.29) is 47.6 Å². The van der Waals surface area contributed by atoms with Gasteiger partial charge < -0.3 is 23.7 Å². The summed E-state index contributed by atoms with van der Waals surface area (Å²) >= 11 is 0. The van der Waals surface area contributed by atoms with Crippen LogP contribution >= 0.6 is 0 Å². The molecular formula is C54H62F2N6O7Si2. The van der Waals surface area contributed by atoms with Gasteiger partial charge in [-0.15, -0.1) is 0 Å². The average molecular weight is 1000 g/mol. The van der Waals surface area contributed by atoms with E-state index in [1.807, 2.05) is 36.4 Å². The molecule has 4 aromatic carbocycles. The Kier molecular flexibility index (Phi) is 15.8. The van der Waals surface area contributed by atoms with Crippen LogP contribution in [0, 0.1) is 11.6 Å². The lowest BCUT2D eigenvalue weighted by Crippen LogP contribution is -2.51. The van der Waals surface area contributed by atoms with Crippen molar-refractivity contribution in [1.82, 2.24) is 19.6 Å². The van der Waals surface area contributed by atoms with E-state index in [2.05, 4.69) is 36.2 Å². The molecule has 4 amide bonds. The second-order valence-electron chi connectivity index (χ2n) is 20.1. The number of carbonyl (C=O) groups is 6. The molecule has 13 nitrogen and oxygen atoms in total. The standard InChI is InChI=1S/C54H62F2N6O7Si2/c1-70(2,29-9-15-51(65)59-21-25-61(26-22-59)53(67)43-31-37(17-19-45(43)55)33-47-39-11-5-7-13-41(39)49(63)35-57-47)69-71(3,4)30-10-16-52(66)60-23-27-62(28-24-60)54(68)44-32-38(18-20-46(44)56)34-48-40-12-6-8-14-42(40)50(64)36-58-48/h5-8,11-14,17-20,31-32H,9-10,15-16,21-30,33-36H2,1-4H3. The molecule has 2 saturated heterocycles. The molecule has 4 aliphatic rings. The second kappa shape index (κ2) is 22.0. The summed E-state index contributed by atoms with van der Waals surface area (Å²) in [5, 5.41) is 0. The van der Waals surface area contributed by atoms with Crippen LogP contribution in [0.15, 0.2) is 94.9 Å². The minimum atomic E-state index is -2.15. The molecule has 71 heavy (non-hydrogen) atoms. The highest BCUT2D eigenvalue weighted by molar-refractivity contribution is 6.84. The third-order valence-corrected chi connectivity index (χ3v) is 21.4. The third kappa shape index (κ3) is 12.4. The van der Waals surface area contributed by atoms with Crippen LogP contribution in [0.2, 0.25) is 38.3 Å². The second-order valence-corrected chi connectivity index (χ2v) is 29.0. The Morgan fingerprint density at radius 2 is 0.873 bits per heavy atom. The SMILES string of the molecule is C[Si](C)(CCCC(=O)N1CCN(C(=O)c2cc(CC3=NCC(=O)c4ccccc43)ccc2F)CC1)O[Si](C)(C)CCCC(=O)N1CCN(C(=O)c2cc(CC3=NCC(=O)c4ccccc43)ccc2F)CC1. The number of nitrogens with zero attached hydrogens (tertiary/aromatic N) is 6. The Labute approximate surface area is 416 Å². The summed E-state index contributed by atoms with van der Waals surface area (Å²) in [6, 6.07) is 25.2. The van der Waals surface area contributed by atoms with Gasteiger partial charge in [0, 0.05) is 112 Å². The number of fused-ring (bicyclic) bond motifs is 2. The maximum Gasteiger partial charge on any atom is 0.256 e. The number of carbonyl (C=O) groups excluding carboxylic acids is 6. The third-order valence-electron chi connectivity index (χ3n) is 13.9. The first-order valence-corrected chi connectivity index (χ1v) is 30.9. The number of benzene rings is 4. The van der Waals surface area contributed by atoms with Gasteiger partial charge in [0.05, 0.1) is 11.1 Å². The van der Waals surface area contributed by atoms with Crippen LogP contribution in [0.25, 0.3) is 0 Å². The summed E-state index contributed by atoms with van der Waals surface area (Å²) in [6.45, 7) is 11.5. The number of rotatable bonds is 16. The van der Waals surface area contributed by atoms with Crippen LogP contribution in [0.3, 0.4) is 0 Å². The van der Waals surface area contributed by atoms with Gasteiger partial charge in [-0.25, -0.2) is 8.78 Å². The van der Waals surface area contributed by atoms with Crippen molar-refractivity contribution in [2.75, 3.05) is 65.4 Å². The first-order chi connectivity index (χ1) is 33.9. The molecule has 0 unspecified atom stereocenters. The number of hydrogen-bond acceptors (Lipinski definition) is 9. The number of amides is 4. The van der Waals surface area contributed by atoms with Crippen molar-refractivity contribution in [1.29, 1.82) is 0 Å². The molecule has 0 N–H and O–H groups in total. The van der Waals surface area contributed by atoms with Gasteiger partial charge in [-0.3, -0.25) is 38.8 Å². The first kappa shape index (κ1) is 51.1. The van der Waals surface area contributed by atoms with E-state index in [4.69, 9.17) is 4.12 Å². The minimum Gasteiger partial charge on any atom is -0.455 e. The van der Waals surface area contributed by atoms with Crippen molar-refractivity contribution in [2.24, 2.45) is 9.98 Å². The van der Waals surface area contributed by atoms with Gasteiger partial charge in [0.1, 0.15) is 24.7 Å². The van der Waals surface area contributed by atoms with Crippen molar-refractivity contribution in [3.8, 4) is 0 Å². The summed E-state index contributed by atoms with van der Waals surface area (Å²) in [5.41, 5.74) is 5.58. The number of aliphatic imine (C=N–C) groups is 2. The van der Waals surface area contributed by atoms with Crippen LogP contribution in [-0.2, 0) is 26.5 Å². The van der Waals surface area contributed by atoms with Crippen LogP contribution in [0.5, 0.6) is 0 Å². The van der Waals surface area contributed by atoms with Gasteiger partial charge in [0.25, 0.3) is 11.8 Å². The number of Topliss-reactive ketones (excluding diaryl/α,β-unsaturated/α-hetero) is 2. The molecule has 0 atom stereocenters. The Morgan fingerprint density at radius 1 is 0.521 bits per heavy atom. The molecule has 0 radical (unpaired) electrons. The fourth-order valence-electron chi connectivity index (χ4n) is 10.2. The quantitative estimate of drug-likeness (QED) is 0.105. The number of ketones is 2. The van der Waals surface area contributed by atoms with E-state index in [0.29, 0.717) is 102 Å². The topological polar surface area (TPSA) is 149 Å². The largest absolute Gasteiger partial charge is 0.455 e. The van der Waals surface area contributed by atoms with Crippen LogP contribution < -0.4 is 0 Å². The minimum absolute atomic E-state index is 0.0217. The molecule has 4 heterocycles. The highest BCUT2D eigenvalue weighted by Crippen LogP contribution is 2.27. The molecule has 0 aromatic heterocycles. The molecule has 4 aliphatic heterocycles. The van der Waals surface area contributed by atoms with Gasteiger partial charge >= 0.3 is 0 Å². The Hall–Kier alpha value is -6.31. The van der Waals surface area contributed by atoms with E-state index >= 15 is 8.78 Å². The predicted octanol–water partition coefficient (Wildman–Crippen LogP) is 7.68. The van der Waals surface area contributed by atoms with E-state index in [9.17, 15) is 28.8 Å². The number of piperazine rings is 2. The Bertz CT molecular complexity index is 2610. The van der Waals surface area contributed by atoms with Crippen molar-refractivity contribution >= 4 is 63.3 Å². The van der Waals surface area contributed by atoms with E-state index in [0.717, 1.165) is 45.8 Å². The lowest BCUT2D eigenvalue weighted by Gasteiger charge is -2.36. The van der Waals surface area contributed by atoms with Crippen LogP contribution in [0.1, 0.15) is 89.4 Å². The lowest BCUT2D eigenvalue weighted by atomic mass is 9.92. The highest BCUT2D eigenvalue weighted by Gasteiger charge is 2.34. The van der Waals surface area contributed by atoms with Gasteiger partial charge in [-0.1, -0.05) is 60.7 Å². The maximum atomic E-state index is 15.1. The predicted molar refractivity (Wildman–Crippen MR) is 274 cm³/mol. The number of hydrogen-bond donors (Lipinski definition) is 0. The van der Waals surface area contributed by atoms with Gasteiger partial charge in [-0.05, 0) is 86.5 Å². The summed E-state index contributed by atoms with van der Waals surface area (Å²) in [4.78, 5) is 94.2. The van der Waals surface area contributed by atoms with Gasteiger partial charge in [0.15, 0.2) is 28.2 Å². The molecule has 2 fully saturated rings. The summed E-state index contributed by atoms with van der Waals surface area (Å²) in [6.07, 6.45) is 2.82. The summed E-state index contributed by atoms with van der Waals surface area (Å²) in [7, 11) is -4.31. The smallest absolute Gasteiger partial charge is 0.256 e. The molecule has 8 rings (SSSR count). The summed E-state index contributed by atoms with van der Waals surface area (Å²) in [5.74, 6) is -2.09. The zero-order chi connectivity index (χ0) is 50.5. The maximum absolute atomic E-state index is 15.1. The summed E-state index contributed by atoms with van der Waals surface area (Å²) < 4.78 is 37.0. The lowest BCUT2D eigenvalue weighted by molar-refractivity contribution is -0.133. The molecule has 17 heteroatoms. The van der Waals surface area contributed by atoms with Crippen molar-refractivity contribution in [3.05, 3.63) is 141 Å². The molecular weight excluding hydrogens is 939 g/mol. The van der Waals surface area contributed by atoms with Crippen molar-refractivity contribution in [2.45, 2.75) is 76.8 Å². The van der Waals surface area contributed by atoms with Crippen LogP contribution in [-0.4, -0.2) is 148 Å². The van der Waals surface area contributed by atoms with Gasteiger partial charge in [-0.2, -0.15) is 0 Å². The zero-order valence-electron chi connectivity index (χ0n) is 41.1. The van der Waals surface area contributed by atoms with E-state index in [1.165, 1.54) is 12.1 Å². The normalized spacial score (nSPS) is 16.3. The van der Waals surface area contributed by atoms with Crippen molar-refractivity contribution < 1.29 is 41.7 Å². The molecule has 372 valence electrons. The molecule has 0 spiro atoms. The monoisotopic (exact) mass is 1000 g/mol. The highest BCUT2D eigenvalue weighted by atomic mass is 28.4. The first-order valence-electron chi connectivity index (χ1n) is 24.7. The molecule has 0 saturated carbocycles. The fraction of sp³-hybridized carbons (Fsp3) is 0.407. The van der Waals surface area contributed by atoms with E-state index in [1.54, 1.807) is 56.0 Å². The fourth-order valence-corrected chi connectivity index (χ4v) is 19.0. The van der Waals surface area contributed by atoms with Crippen molar-refractivity contribution in [3.63, 3.8) is 0 Å². The van der Waals surface area contributed by atoms with Crippen LogP contribution in [0.4, 0.5) is 8.78 Å². The average Bonchev–Trinajstić information content (AvgIpc) is 3.36. The van der Waals surface area contributed by atoms with E-state index < -0.39 is 40.1 Å². The molecule has 4 aromatic rings. The molecule has 0 bridgehead atoms. The Balaban J connectivity index is 0.727. The zero-order valence-corrected chi connectivity index (χ0v) is 43.1.